The van der Waals surface area contributed by atoms with Crippen LogP contribution < -0.4 is 0 Å². The fraction of sp³-hybridized carbons (Fsp3) is 0.0789. The van der Waals surface area contributed by atoms with Gasteiger partial charge in [0.2, 0.25) is 0 Å². The van der Waals surface area contributed by atoms with E-state index in [4.69, 9.17) is 9.97 Å². The van der Waals surface area contributed by atoms with Gasteiger partial charge in [0.05, 0.1) is 22.2 Å². The molecule has 198 valence electrons. The lowest BCUT2D eigenvalue weighted by Gasteiger charge is -2.21. The molecule has 0 N–H and O–H groups in total. The maximum atomic E-state index is 5.43. The molecule has 0 fully saturated rings. The van der Waals surface area contributed by atoms with Crippen molar-refractivity contribution in [3.8, 4) is 28.3 Å². The molecule has 42 heavy (non-hydrogen) atoms. The molecule has 0 bridgehead atoms. The first-order valence-electron chi connectivity index (χ1n) is 14.4. The van der Waals surface area contributed by atoms with Gasteiger partial charge in [-0.2, -0.15) is 0 Å². The van der Waals surface area contributed by atoms with Crippen LogP contribution >= 0.6 is 0 Å². The maximum Gasteiger partial charge on any atom is 0.161 e. The van der Waals surface area contributed by atoms with Crippen LogP contribution in [0.2, 0.25) is 0 Å². The van der Waals surface area contributed by atoms with Gasteiger partial charge >= 0.3 is 0 Å². The summed E-state index contributed by atoms with van der Waals surface area (Å²) < 4.78 is 2.36. The minimum atomic E-state index is -0.279. The third-order valence-electron chi connectivity index (χ3n) is 8.97. The summed E-state index contributed by atoms with van der Waals surface area (Å²) in [7, 11) is 0. The predicted molar refractivity (Wildman–Crippen MR) is 172 cm³/mol. The van der Waals surface area contributed by atoms with Crippen LogP contribution in [0.3, 0.4) is 0 Å². The lowest BCUT2D eigenvalue weighted by Crippen LogP contribution is -2.18. The van der Waals surface area contributed by atoms with Crippen molar-refractivity contribution in [2.24, 2.45) is 0 Å². The molecule has 0 amide bonds. The van der Waals surface area contributed by atoms with Gasteiger partial charge in [-0.3, -0.25) is 9.55 Å². The van der Waals surface area contributed by atoms with Crippen LogP contribution in [0.1, 0.15) is 25.1 Å². The Morgan fingerprint density at radius 1 is 0.619 bits per heavy atom. The number of hydrogen-bond donors (Lipinski definition) is 0. The highest BCUT2D eigenvalue weighted by atomic mass is 15.1. The number of benzene rings is 5. The van der Waals surface area contributed by atoms with E-state index in [9.17, 15) is 0 Å². The fourth-order valence-electron chi connectivity index (χ4n) is 6.90. The van der Waals surface area contributed by atoms with Crippen molar-refractivity contribution < 1.29 is 0 Å². The molecule has 4 heteroatoms. The summed E-state index contributed by atoms with van der Waals surface area (Å²) in [6, 6.07) is 41.0. The summed E-state index contributed by atoms with van der Waals surface area (Å²) in [4.78, 5) is 15.4. The topological polar surface area (TPSA) is 43.6 Å². The summed E-state index contributed by atoms with van der Waals surface area (Å²) in [5, 5.41) is 5.98. The molecular weight excluding hydrogens is 512 g/mol. The van der Waals surface area contributed by atoms with Crippen LogP contribution in [0.4, 0.5) is 0 Å². The Hall–Kier alpha value is -5.35. The number of rotatable bonds is 2. The smallest absolute Gasteiger partial charge is 0.161 e. The lowest BCUT2D eigenvalue weighted by molar-refractivity contribution is 0.635. The van der Waals surface area contributed by atoms with Gasteiger partial charge in [0.15, 0.2) is 5.82 Å². The maximum absolute atomic E-state index is 5.43. The van der Waals surface area contributed by atoms with E-state index < -0.39 is 0 Å². The van der Waals surface area contributed by atoms with E-state index in [1.165, 1.54) is 32.7 Å². The highest BCUT2D eigenvalue weighted by Crippen LogP contribution is 2.51. The molecule has 0 atom stereocenters. The zero-order valence-electron chi connectivity index (χ0n) is 23.3. The second-order valence-corrected chi connectivity index (χ2v) is 11.7. The summed E-state index contributed by atoms with van der Waals surface area (Å²) in [5.74, 6) is 1.62. The van der Waals surface area contributed by atoms with Crippen LogP contribution in [0.5, 0.6) is 0 Å². The van der Waals surface area contributed by atoms with E-state index in [1.807, 2.05) is 12.3 Å². The Balaban J connectivity index is 1.44. The van der Waals surface area contributed by atoms with Crippen molar-refractivity contribution in [3.05, 3.63) is 133 Å². The third-order valence-corrected chi connectivity index (χ3v) is 8.97. The van der Waals surface area contributed by atoms with E-state index in [1.54, 1.807) is 0 Å². The van der Waals surface area contributed by atoms with Gasteiger partial charge in [-0.1, -0.05) is 98.8 Å². The molecule has 0 radical (unpaired) electrons. The Kier molecular flexibility index (Phi) is 4.64. The molecule has 9 rings (SSSR count). The molecule has 1 aliphatic rings. The largest absolute Gasteiger partial charge is 0.293 e. The SMILES string of the molecule is CC1(C)c2ccccc2-c2c(-n3c4ccccc4c4cc5ccccc5cc43)nc(-c3ccc4cccnc4c3)nc21. The molecule has 5 aromatic carbocycles. The van der Waals surface area contributed by atoms with Crippen molar-refractivity contribution in [2.75, 3.05) is 0 Å². The number of fused-ring (bicyclic) bond motifs is 8. The zero-order valence-corrected chi connectivity index (χ0v) is 23.3. The summed E-state index contributed by atoms with van der Waals surface area (Å²) in [5.41, 5.74) is 8.53. The van der Waals surface area contributed by atoms with Crippen LogP contribution in [-0.4, -0.2) is 19.5 Å². The molecule has 1 aliphatic carbocycles. The van der Waals surface area contributed by atoms with Gasteiger partial charge in [-0.05, 0) is 52.2 Å². The first kappa shape index (κ1) is 23.4. The molecule has 0 unspecified atom stereocenters. The molecule has 8 aromatic rings. The first-order valence-corrected chi connectivity index (χ1v) is 14.4. The minimum Gasteiger partial charge on any atom is -0.293 e. The van der Waals surface area contributed by atoms with Crippen molar-refractivity contribution in [1.82, 2.24) is 19.5 Å². The Morgan fingerprint density at radius 3 is 2.29 bits per heavy atom. The fourth-order valence-corrected chi connectivity index (χ4v) is 6.90. The van der Waals surface area contributed by atoms with Crippen molar-refractivity contribution in [3.63, 3.8) is 0 Å². The van der Waals surface area contributed by atoms with Gasteiger partial charge in [0, 0.05) is 38.9 Å². The Morgan fingerprint density at radius 2 is 1.38 bits per heavy atom. The molecule has 3 aromatic heterocycles. The predicted octanol–water partition coefficient (Wildman–Crippen LogP) is 9.25. The second kappa shape index (κ2) is 8.34. The number of hydrogen-bond acceptors (Lipinski definition) is 3. The third kappa shape index (κ3) is 3.15. The number of pyridine rings is 1. The van der Waals surface area contributed by atoms with Crippen molar-refractivity contribution in [1.29, 1.82) is 0 Å². The first-order chi connectivity index (χ1) is 20.6. The summed E-state index contributed by atoms with van der Waals surface area (Å²) in [6.45, 7) is 4.55. The van der Waals surface area contributed by atoms with Crippen molar-refractivity contribution in [2.45, 2.75) is 19.3 Å². The van der Waals surface area contributed by atoms with Gasteiger partial charge in [-0.25, -0.2) is 9.97 Å². The Labute approximate surface area is 242 Å². The van der Waals surface area contributed by atoms with Gasteiger partial charge in [0.25, 0.3) is 0 Å². The van der Waals surface area contributed by atoms with Crippen LogP contribution in [-0.2, 0) is 5.41 Å². The average Bonchev–Trinajstić information content (AvgIpc) is 3.47. The van der Waals surface area contributed by atoms with E-state index in [0.29, 0.717) is 5.82 Å². The molecular formula is C38H26N4. The summed E-state index contributed by atoms with van der Waals surface area (Å²) in [6.07, 6.45) is 1.84. The molecule has 0 aliphatic heterocycles. The number of para-hydroxylation sites is 1. The quantitative estimate of drug-likeness (QED) is 0.220. The van der Waals surface area contributed by atoms with Gasteiger partial charge in [-0.15, -0.1) is 0 Å². The van der Waals surface area contributed by atoms with Crippen LogP contribution in [0, 0.1) is 0 Å². The molecule has 3 heterocycles. The molecule has 0 saturated carbocycles. The Bertz CT molecular complexity index is 2400. The zero-order chi connectivity index (χ0) is 28.0. The van der Waals surface area contributed by atoms with Gasteiger partial charge in [0.1, 0.15) is 5.82 Å². The average molecular weight is 539 g/mol. The van der Waals surface area contributed by atoms with E-state index >= 15 is 0 Å². The normalized spacial score (nSPS) is 13.7. The summed E-state index contributed by atoms with van der Waals surface area (Å²) >= 11 is 0. The highest BCUT2D eigenvalue weighted by Gasteiger charge is 2.40. The van der Waals surface area contributed by atoms with Crippen LogP contribution in [0.15, 0.2) is 121 Å². The second-order valence-electron chi connectivity index (χ2n) is 11.7. The van der Waals surface area contributed by atoms with E-state index in [-0.39, 0.29) is 5.41 Å². The van der Waals surface area contributed by atoms with E-state index in [0.717, 1.165) is 44.6 Å². The monoisotopic (exact) mass is 538 g/mol. The van der Waals surface area contributed by atoms with Crippen LogP contribution in [0.25, 0.3) is 71.8 Å². The molecule has 0 saturated heterocycles. The molecule has 4 nitrogen and oxygen atoms in total. The standard InChI is InChI=1S/C38H26N4/c1-38(2)30-15-7-5-14-28(30)34-35(38)40-36(26-18-17-23-12-9-19-39-31(23)21-26)41-37(34)42-32-16-8-6-13-27(32)29-20-24-10-3-4-11-25(24)22-33(29)42/h3-22H,1-2H3. The molecule has 0 spiro atoms. The minimum absolute atomic E-state index is 0.279. The highest BCUT2D eigenvalue weighted by molar-refractivity contribution is 6.14. The lowest BCUT2D eigenvalue weighted by atomic mass is 9.85. The number of aromatic nitrogens is 4. The van der Waals surface area contributed by atoms with E-state index in [2.05, 4.69) is 133 Å². The van der Waals surface area contributed by atoms with Crippen molar-refractivity contribution >= 4 is 43.5 Å². The number of nitrogens with zero attached hydrogens (tertiary/aromatic N) is 4. The van der Waals surface area contributed by atoms with Gasteiger partial charge < -0.3 is 0 Å².